The first-order chi connectivity index (χ1) is 19.1. The largest absolute Gasteiger partial charge is 0.497 e. The molecule has 0 unspecified atom stereocenters. The molecule has 1 saturated heterocycles. The lowest BCUT2D eigenvalue weighted by molar-refractivity contribution is -0.211. The maximum atomic E-state index is 9.39. The number of nitrogens with zero attached hydrogens (tertiary/aromatic N) is 3. The Balaban J connectivity index is 1.55. The Morgan fingerprint density at radius 3 is 2.13 bits per heavy atom. The van der Waals surface area contributed by atoms with Gasteiger partial charge in [0.2, 0.25) is 0 Å². The van der Waals surface area contributed by atoms with Crippen molar-refractivity contribution in [3.63, 3.8) is 0 Å². The van der Waals surface area contributed by atoms with Crippen LogP contribution in [0.3, 0.4) is 0 Å². The van der Waals surface area contributed by atoms with Gasteiger partial charge in [0.15, 0.2) is 0 Å². The lowest BCUT2D eigenvalue weighted by Gasteiger charge is -2.44. The zero-order valence-corrected chi connectivity index (χ0v) is 23.5. The van der Waals surface area contributed by atoms with Crippen LogP contribution in [0.4, 0.5) is 0 Å². The first kappa shape index (κ1) is 29.2. The minimum atomic E-state index is -0.600. The normalized spacial score (nSPS) is 22.7. The molecule has 0 N–H and O–H groups in total. The number of hydrogen-bond acceptors (Lipinski definition) is 7. The number of benzene rings is 3. The van der Waals surface area contributed by atoms with Crippen molar-refractivity contribution in [3.05, 3.63) is 111 Å². The van der Waals surface area contributed by atoms with Crippen molar-refractivity contribution >= 4 is 23.4 Å². The Bertz CT molecular complexity index is 1200. The molecule has 4 rings (SSSR count). The lowest BCUT2D eigenvalue weighted by atomic mass is 9.97. The summed E-state index contributed by atoms with van der Waals surface area (Å²) in [5.41, 5.74) is 11.9. The van der Waals surface area contributed by atoms with E-state index in [0.29, 0.717) is 24.8 Å². The molecule has 1 aliphatic heterocycles. The van der Waals surface area contributed by atoms with E-state index in [9.17, 15) is 5.53 Å². The van der Waals surface area contributed by atoms with Crippen molar-refractivity contribution in [1.82, 2.24) is 0 Å². The van der Waals surface area contributed by atoms with Gasteiger partial charge in [-0.3, -0.25) is 0 Å². The van der Waals surface area contributed by atoms with E-state index in [-0.39, 0.29) is 6.61 Å². The van der Waals surface area contributed by atoms with Crippen LogP contribution in [0.15, 0.2) is 84.0 Å². The molecule has 39 heavy (non-hydrogen) atoms. The van der Waals surface area contributed by atoms with Gasteiger partial charge in [0.25, 0.3) is 0 Å². The van der Waals surface area contributed by atoms with E-state index in [0.717, 1.165) is 22.4 Å². The highest BCUT2D eigenvalue weighted by Gasteiger charge is 2.47. The van der Waals surface area contributed by atoms with E-state index in [1.165, 1.54) is 11.8 Å². The van der Waals surface area contributed by atoms with Crippen LogP contribution in [-0.4, -0.2) is 49.8 Å². The average Bonchev–Trinajstić information content (AvgIpc) is 2.98. The van der Waals surface area contributed by atoms with E-state index in [2.05, 4.69) is 10.0 Å². The van der Waals surface area contributed by atoms with E-state index in [4.69, 9.17) is 35.3 Å². The Kier molecular flexibility index (Phi) is 11.4. The first-order valence-electron chi connectivity index (χ1n) is 12.6. The highest BCUT2D eigenvalue weighted by Crippen LogP contribution is 2.34. The summed E-state index contributed by atoms with van der Waals surface area (Å²) in [6, 6.07) is 24.5. The van der Waals surface area contributed by atoms with Gasteiger partial charge in [0.1, 0.15) is 29.4 Å². The molecule has 1 fully saturated rings. The minimum Gasteiger partial charge on any atom is -0.497 e. The monoisotopic (exact) mass is 569 g/mol. The van der Waals surface area contributed by atoms with Gasteiger partial charge in [0, 0.05) is 9.93 Å². The van der Waals surface area contributed by atoms with Gasteiger partial charge >= 0.3 is 0 Å². The second-order valence-corrected chi connectivity index (χ2v) is 10.4. The van der Waals surface area contributed by atoms with Gasteiger partial charge in [-0.15, -0.1) is 11.8 Å². The van der Waals surface area contributed by atoms with Crippen LogP contribution in [0, 0.1) is 0 Å². The molecule has 3 aromatic carbocycles. The number of ether oxygens (including phenoxy) is 5. The third-order valence-electron chi connectivity index (χ3n) is 6.38. The van der Waals surface area contributed by atoms with Crippen LogP contribution in [0.5, 0.6) is 5.75 Å². The van der Waals surface area contributed by atoms with Crippen LogP contribution in [0.1, 0.15) is 16.7 Å². The smallest absolute Gasteiger partial charge is 0.118 e. The van der Waals surface area contributed by atoms with Gasteiger partial charge in [-0.1, -0.05) is 71.3 Å². The predicted molar refractivity (Wildman–Crippen MR) is 153 cm³/mol. The van der Waals surface area contributed by atoms with Gasteiger partial charge < -0.3 is 23.7 Å². The Labute approximate surface area is 238 Å². The predicted octanol–water partition coefficient (Wildman–Crippen LogP) is 6.80. The van der Waals surface area contributed by atoms with Crippen molar-refractivity contribution in [2.75, 3.05) is 20.0 Å². The van der Waals surface area contributed by atoms with Crippen LogP contribution >= 0.6 is 23.4 Å². The quantitative estimate of drug-likeness (QED) is 0.128. The van der Waals surface area contributed by atoms with Crippen molar-refractivity contribution in [3.8, 4) is 5.75 Å². The zero-order valence-electron chi connectivity index (χ0n) is 21.9. The summed E-state index contributed by atoms with van der Waals surface area (Å²) in [4.78, 5) is 3.11. The summed E-state index contributed by atoms with van der Waals surface area (Å²) < 4.78 is 30.6. The van der Waals surface area contributed by atoms with Crippen molar-refractivity contribution < 1.29 is 23.7 Å². The fraction of sp³-hybridized carbons (Fsp3) is 0.379. The molecule has 0 aromatic heterocycles. The van der Waals surface area contributed by atoms with Gasteiger partial charge in [-0.25, -0.2) is 0 Å². The average molecular weight is 570 g/mol. The topological polar surface area (TPSA) is 94.9 Å². The Morgan fingerprint density at radius 1 is 0.872 bits per heavy atom. The Morgan fingerprint density at radius 2 is 1.49 bits per heavy atom. The van der Waals surface area contributed by atoms with E-state index in [1.54, 1.807) is 7.11 Å². The zero-order chi connectivity index (χ0) is 27.5. The molecule has 0 spiro atoms. The Hall–Kier alpha value is -2.75. The van der Waals surface area contributed by atoms with Gasteiger partial charge in [0.05, 0.1) is 39.6 Å². The summed E-state index contributed by atoms with van der Waals surface area (Å²) in [5, 5.41) is 4.76. The lowest BCUT2D eigenvalue weighted by Crippen LogP contribution is -2.58. The molecule has 5 atom stereocenters. The summed E-state index contributed by atoms with van der Waals surface area (Å²) in [6.45, 7) is 1.31. The molecule has 0 saturated carbocycles. The molecule has 10 heteroatoms. The highest BCUT2D eigenvalue weighted by atomic mass is 35.5. The molecule has 1 aliphatic rings. The molecule has 1 heterocycles. The second-order valence-electron chi connectivity index (χ2n) is 9.00. The molecule has 0 bridgehead atoms. The number of hydrogen-bond donors (Lipinski definition) is 0. The van der Waals surface area contributed by atoms with Crippen LogP contribution in [0.2, 0.25) is 5.02 Å². The summed E-state index contributed by atoms with van der Waals surface area (Å²) in [6.07, 6.45) is 0.348. The number of methoxy groups -OCH3 is 1. The summed E-state index contributed by atoms with van der Waals surface area (Å²) in [7, 11) is 1.63. The standard InChI is InChI=1S/C29H32ClN3O5S/c1-34-24-14-10-22(11-15-24)18-37-28-26(32-33-31)29(39-2)38-25(19-35-16-21-8-12-23(30)13-9-21)27(28)36-17-20-6-4-3-5-7-20/h3-15,25-29H,16-19H2,1-2H3/t25-,26-,27-,28-,29+/m1/s1. The molecular formula is C29H32ClN3O5S. The molecule has 3 aromatic rings. The summed E-state index contributed by atoms with van der Waals surface area (Å²) in [5.74, 6) is 0.765. The molecule has 206 valence electrons. The second kappa shape index (κ2) is 15.1. The van der Waals surface area contributed by atoms with E-state index in [1.807, 2.05) is 85.1 Å². The molecule has 0 radical (unpaired) electrons. The van der Waals surface area contributed by atoms with E-state index < -0.39 is 29.8 Å². The number of halogens is 1. The van der Waals surface area contributed by atoms with Crippen molar-refractivity contribution in [1.29, 1.82) is 0 Å². The van der Waals surface area contributed by atoms with Crippen LogP contribution in [0.25, 0.3) is 10.4 Å². The number of azide groups is 1. The third-order valence-corrected chi connectivity index (χ3v) is 7.49. The van der Waals surface area contributed by atoms with Crippen LogP contribution in [-0.2, 0) is 38.8 Å². The third kappa shape index (κ3) is 8.37. The molecule has 8 nitrogen and oxygen atoms in total. The minimum absolute atomic E-state index is 0.268. The highest BCUT2D eigenvalue weighted by molar-refractivity contribution is 7.99. The number of rotatable bonds is 13. The fourth-order valence-electron chi connectivity index (χ4n) is 4.35. The molecule has 0 aliphatic carbocycles. The molecular weight excluding hydrogens is 538 g/mol. The summed E-state index contributed by atoms with van der Waals surface area (Å²) >= 11 is 7.48. The van der Waals surface area contributed by atoms with Gasteiger partial charge in [-0.2, -0.15) is 0 Å². The maximum absolute atomic E-state index is 9.39. The van der Waals surface area contributed by atoms with Gasteiger partial charge in [-0.05, 0) is 52.7 Å². The van der Waals surface area contributed by atoms with Crippen molar-refractivity contribution in [2.24, 2.45) is 5.11 Å². The SMILES string of the molecule is COc1ccc(CO[C@@H]2[C@@H](N=[N+]=[N-])[C@H](SC)O[C@H](COCc3ccc(Cl)cc3)[C@H]2OCc2ccccc2)cc1. The van der Waals surface area contributed by atoms with Crippen LogP contribution < -0.4 is 4.74 Å². The maximum Gasteiger partial charge on any atom is 0.118 e. The van der Waals surface area contributed by atoms with E-state index >= 15 is 0 Å². The number of thioether (sulfide) groups is 1. The van der Waals surface area contributed by atoms with Crippen molar-refractivity contribution in [2.45, 2.75) is 49.6 Å². The first-order valence-corrected chi connectivity index (χ1v) is 14.2. The fourth-order valence-corrected chi connectivity index (χ4v) is 5.22. The molecule has 0 amide bonds.